The molecule has 1 aromatic rings. The van der Waals surface area contributed by atoms with E-state index in [1.165, 1.54) is 5.56 Å². The van der Waals surface area contributed by atoms with E-state index >= 15 is 0 Å². The summed E-state index contributed by atoms with van der Waals surface area (Å²) in [6.07, 6.45) is 0.711. The largest absolute Gasteiger partial charge is 0.309 e. The lowest BCUT2D eigenvalue weighted by molar-refractivity contribution is 0.572. The quantitative estimate of drug-likeness (QED) is 0.894. The van der Waals surface area contributed by atoms with E-state index in [9.17, 15) is 8.42 Å². The lowest BCUT2D eigenvalue weighted by atomic mass is 9.99. The van der Waals surface area contributed by atoms with Crippen LogP contribution in [-0.2, 0) is 9.84 Å². The summed E-state index contributed by atoms with van der Waals surface area (Å²) in [6, 6.07) is 8.23. The molecule has 18 heavy (non-hydrogen) atoms. The monoisotopic (exact) mass is 267 g/mol. The van der Waals surface area contributed by atoms with Crippen LogP contribution in [0, 0.1) is 0 Å². The van der Waals surface area contributed by atoms with Gasteiger partial charge in [0.2, 0.25) is 0 Å². The molecule has 3 nitrogen and oxygen atoms in total. The Morgan fingerprint density at radius 3 is 2.50 bits per heavy atom. The van der Waals surface area contributed by atoms with Crippen molar-refractivity contribution in [3.05, 3.63) is 35.4 Å². The van der Waals surface area contributed by atoms with Crippen LogP contribution < -0.4 is 5.32 Å². The molecule has 1 aliphatic heterocycles. The Balaban J connectivity index is 2.19. The predicted molar refractivity (Wildman–Crippen MR) is 74.5 cm³/mol. The van der Waals surface area contributed by atoms with E-state index in [1.54, 1.807) is 0 Å². The molecule has 100 valence electrons. The first kappa shape index (κ1) is 13.6. The van der Waals surface area contributed by atoms with Gasteiger partial charge in [-0.3, -0.25) is 0 Å². The molecule has 1 aliphatic rings. The van der Waals surface area contributed by atoms with Gasteiger partial charge in [0.1, 0.15) is 0 Å². The highest BCUT2D eigenvalue weighted by molar-refractivity contribution is 7.91. The molecule has 4 heteroatoms. The highest BCUT2D eigenvalue weighted by atomic mass is 32.2. The topological polar surface area (TPSA) is 46.2 Å². The summed E-state index contributed by atoms with van der Waals surface area (Å²) in [6.45, 7) is 5.09. The van der Waals surface area contributed by atoms with E-state index in [4.69, 9.17) is 0 Å². The zero-order valence-electron chi connectivity index (χ0n) is 11.0. The second-order valence-corrected chi connectivity index (χ2v) is 7.52. The van der Waals surface area contributed by atoms with E-state index in [-0.39, 0.29) is 11.8 Å². The van der Waals surface area contributed by atoms with E-state index in [0.717, 1.165) is 12.1 Å². The molecular weight excluding hydrogens is 246 g/mol. The number of hydrogen-bond donors (Lipinski definition) is 1. The Morgan fingerprint density at radius 1 is 1.22 bits per heavy atom. The van der Waals surface area contributed by atoms with Crippen molar-refractivity contribution < 1.29 is 8.42 Å². The number of sulfone groups is 1. The van der Waals surface area contributed by atoms with Crippen molar-refractivity contribution in [3.8, 4) is 0 Å². The molecule has 0 spiro atoms. The summed E-state index contributed by atoms with van der Waals surface area (Å²) in [7, 11) is -2.91. The van der Waals surface area contributed by atoms with Crippen LogP contribution >= 0.6 is 0 Å². The van der Waals surface area contributed by atoms with Crippen LogP contribution in [0.15, 0.2) is 24.3 Å². The summed E-state index contributed by atoms with van der Waals surface area (Å²) < 4.78 is 23.6. The molecule has 1 N–H and O–H groups in total. The fourth-order valence-corrected chi connectivity index (χ4v) is 3.86. The van der Waals surface area contributed by atoms with Gasteiger partial charge in [0.25, 0.3) is 0 Å². The summed E-state index contributed by atoms with van der Waals surface area (Å²) in [4.78, 5) is 0. The maximum atomic E-state index is 11.8. The summed E-state index contributed by atoms with van der Waals surface area (Å²) in [5.74, 6) is 1.03. The highest BCUT2D eigenvalue weighted by Gasteiger charge is 2.23. The third-order valence-electron chi connectivity index (χ3n) is 3.45. The van der Waals surface area contributed by atoms with Crippen molar-refractivity contribution in [1.29, 1.82) is 0 Å². The Bertz CT molecular complexity index is 491. The van der Waals surface area contributed by atoms with E-state index in [1.807, 2.05) is 12.1 Å². The maximum absolute atomic E-state index is 11.8. The molecule has 1 heterocycles. The average Bonchev–Trinajstić information content (AvgIpc) is 2.50. The fourth-order valence-electron chi connectivity index (χ4n) is 2.29. The predicted octanol–water partition coefficient (Wildman–Crippen LogP) is 2.26. The van der Waals surface area contributed by atoms with Gasteiger partial charge in [-0.1, -0.05) is 38.1 Å². The average molecular weight is 267 g/mol. The van der Waals surface area contributed by atoms with Crippen LogP contribution in [0.1, 0.15) is 43.4 Å². The molecule has 0 bridgehead atoms. The molecule has 1 aromatic carbocycles. The lowest BCUT2D eigenvalue weighted by Crippen LogP contribution is -2.25. The molecule has 0 saturated carbocycles. The minimum Gasteiger partial charge on any atom is -0.309 e. The first-order valence-corrected chi connectivity index (χ1v) is 8.34. The van der Waals surface area contributed by atoms with Gasteiger partial charge in [-0.15, -0.1) is 0 Å². The lowest BCUT2D eigenvalue weighted by Gasteiger charge is -2.16. The summed E-state index contributed by atoms with van der Waals surface area (Å²) >= 11 is 0. The number of nitrogens with one attached hydrogen (secondary N) is 1. The van der Waals surface area contributed by atoms with Gasteiger partial charge in [0.05, 0.1) is 11.5 Å². The summed E-state index contributed by atoms with van der Waals surface area (Å²) in [5, 5.41) is 3.32. The van der Waals surface area contributed by atoms with Crippen molar-refractivity contribution in [1.82, 2.24) is 5.32 Å². The second-order valence-electron chi connectivity index (χ2n) is 5.30. The molecule has 1 saturated heterocycles. The molecular formula is C14H21NO2S. The molecule has 0 radical (unpaired) electrons. The van der Waals surface area contributed by atoms with Crippen LogP contribution in [0.5, 0.6) is 0 Å². The molecule has 0 aromatic heterocycles. The Kier molecular flexibility index (Phi) is 4.07. The van der Waals surface area contributed by atoms with Crippen LogP contribution in [0.3, 0.4) is 0 Å². The van der Waals surface area contributed by atoms with Crippen molar-refractivity contribution in [2.75, 3.05) is 18.1 Å². The molecule has 0 aliphatic carbocycles. The molecule has 1 fully saturated rings. The Labute approximate surface area is 110 Å². The van der Waals surface area contributed by atoms with Crippen LogP contribution in [0.25, 0.3) is 0 Å². The van der Waals surface area contributed by atoms with Crippen molar-refractivity contribution >= 4 is 9.84 Å². The minimum absolute atomic E-state index is 0.0567. The van der Waals surface area contributed by atoms with Crippen LogP contribution in [0.2, 0.25) is 0 Å². The number of hydrogen-bond acceptors (Lipinski definition) is 3. The maximum Gasteiger partial charge on any atom is 0.152 e. The first-order valence-electron chi connectivity index (χ1n) is 6.51. The molecule has 1 unspecified atom stereocenters. The first-order chi connectivity index (χ1) is 8.48. The zero-order chi connectivity index (χ0) is 13.2. The Hall–Kier alpha value is -0.870. The van der Waals surface area contributed by atoms with Gasteiger partial charge in [-0.05, 0) is 30.0 Å². The van der Waals surface area contributed by atoms with Crippen molar-refractivity contribution in [2.45, 2.75) is 32.2 Å². The van der Waals surface area contributed by atoms with Crippen molar-refractivity contribution in [3.63, 3.8) is 0 Å². The molecule has 1 atom stereocenters. The smallest absolute Gasteiger partial charge is 0.152 e. The van der Waals surface area contributed by atoms with Gasteiger partial charge < -0.3 is 5.32 Å². The van der Waals surface area contributed by atoms with Gasteiger partial charge in [0.15, 0.2) is 9.84 Å². The van der Waals surface area contributed by atoms with Gasteiger partial charge in [-0.25, -0.2) is 8.42 Å². The van der Waals surface area contributed by atoms with Crippen LogP contribution in [0.4, 0.5) is 0 Å². The van der Waals surface area contributed by atoms with E-state index in [2.05, 4.69) is 31.3 Å². The minimum atomic E-state index is -2.91. The van der Waals surface area contributed by atoms with E-state index in [0.29, 0.717) is 18.1 Å². The Morgan fingerprint density at radius 2 is 1.89 bits per heavy atom. The third kappa shape index (κ3) is 3.33. The van der Waals surface area contributed by atoms with Crippen molar-refractivity contribution in [2.24, 2.45) is 0 Å². The van der Waals surface area contributed by atoms with Gasteiger partial charge in [-0.2, -0.15) is 0 Å². The standard InChI is InChI=1S/C14H21NO2S/c1-11(2)12-4-6-13(7-5-12)14-10-18(16,17)9-3-8-15-14/h4-7,11,14-15H,3,8-10H2,1-2H3. The molecule has 0 amide bonds. The SMILES string of the molecule is CC(C)c1ccc(C2CS(=O)(=O)CCCN2)cc1. The highest BCUT2D eigenvalue weighted by Crippen LogP contribution is 2.21. The fraction of sp³-hybridized carbons (Fsp3) is 0.571. The van der Waals surface area contributed by atoms with E-state index < -0.39 is 9.84 Å². The van der Waals surface area contributed by atoms with Gasteiger partial charge >= 0.3 is 0 Å². The van der Waals surface area contributed by atoms with Crippen LogP contribution in [-0.4, -0.2) is 26.5 Å². The zero-order valence-corrected chi connectivity index (χ0v) is 11.8. The second kappa shape index (κ2) is 5.41. The number of rotatable bonds is 2. The normalized spacial score (nSPS) is 23.8. The van der Waals surface area contributed by atoms with Gasteiger partial charge in [0, 0.05) is 6.04 Å². The summed E-state index contributed by atoms with van der Waals surface area (Å²) in [5.41, 5.74) is 2.36. The number of benzene rings is 1. The molecule has 2 rings (SSSR count). The third-order valence-corrected chi connectivity index (χ3v) is 5.20.